The zero-order valence-electron chi connectivity index (χ0n) is 48.8. The third-order valence-electron chi connectivity index (χ3n) is 12.8. The number of esters is 2. The molecule has 3 aliphatic carbocycles. The van der Waals surface area contributed by atoms with Gasteiger partial charge in [0, 0.05) is 65.9 Å². The van der Waals surface area contributed by atoms with Gasteiger partial charge >= 0.3 is 11.9 Å². The number of hydrogen-bond donors (Lipinski definition) is 1. The molecule has 0 spiro atoms. The minimum atomic E-state index is -0.912. The van der Waals surface area contributed by atoms with Crippen molar-refractivity contribution >= 4 is 17.9 Å². The number of carboxylic acid groups (broad SMARTS) is 1. The molecule has 3 rings (SSSR count). The quantitative estimate of drug-likeness (QED) is 0.0258. The molecule has 0 fully saturated rings. The number of hydrogen-bond acceptors (Lipinski definition) is 8. The molecule has 0 bridgehead atoms. The number of ether oxygens (including phenoxy) is 2. The normalized spacial score (nSPS) is 18.3. The van der Waals surface area contributed by atoms with E-state index >= 15 is 0 Å². The number of allylic oxidation sites excluding steroid dienone is 27. The van der Waals surface area contributed by atoms with Crippen LogP contribution in [0.15, 0.2) is 182 Å². The summed E-state index contributed by atoms with van der Waals surface area (Å²) in [5, 5.41) is 10.7. The van der Waals surface area contributed by atoms with Crippen LogP contribution in [-0.4, -0.2) is 23.0 Å². The predicted molar refractivity (Wildman–Crippen MR) is 299 cm³/mol. The fraction of sp³-hybridized carbons (Fsp3) is 0.444. The monoisotopic (exact) mass is 1890 g/mol. The number of aliphatic carboxylic acids is 1. The molecule has 0 heterocycles. The molecular weight excluding hydrogens is 1810 g/mol. The minimum Gasteiger partial charge on any atom is -0.634 e. The topological polar surface area (TPSA) is 129 Å². The van der Waals surface area contributed by atoms with E-state index in [0.717, 1.165) is 22.3 Å². The van der Waals surface area contributed by atoms with Crippen molar-refractivity contribution in [2.45, 2.75) is 169 Å². The van der Waals surface area contributed by atoms with Gasteiger partial charge in [-0.3, -0.25) is 0 Å². The van der Waals surface area contributed by atoms with Crippen molar-refractivity contribution in [3.63, 3.8) is 0 Å². The van der Waals surface area contributed by atoms with Crippen molar-refractivity contribution in [1.82, 2.24) is 0 Å². The molecule has 3 aliphatic rings. The summed E-state index contributed by atoms with van der Waals surface area (Å²) in [6.07, 6.45) is 45.6. The second-order valence-corrected chi connectivity index (χ2v) is 21.0. The van der Waals surface area contributed by atoms with Crippen LogP contribution in [0.2, 0.25) is 0 Å². The molecule has 0 aromatic rings. The third kappa shape index (κ3) is 31.2. The fourth-order valence-corrected chi connectivity index (χ4v) is 8.88. The van der Waals surface area contributed by atoms with Crippen molar-refractivity contribution < 1.29 is 74.6 Å². The molecule has 0 saturated heterocycles. The van der Waals surface area contributed by atoms with Gasteiger partial charge in [0.25, 0.3) is 5.97 Å². The maximum Gasteiger partial charge on any atom is 0.328 e. The standard InChI is InChI=1S/C22H31O2.C21H28NO4.C20H28O2.2Re.2Rf/c1-7-24-21(23)16-18(3)11-8-10-17(2)13-14-20-19(4)12-9-15-22(20,5)6;1-16(11-12-19-18(3)10-7-13-21(19,4)5)8-6-9-17(2)14-20(23)25-15-26-22-24;1-15(8-6-9-16(2)14-19(21)22)11-12-18-17(3)10-7-13-20(18,4)5;;;;/h7-8,10-11,13-14,16H,9,12,15H2,1-6H3;6,8-9,11-12,14-15H,7,10,13H2,1-5H3;6,8-9,11-12,14H,7,10,13H2,1-5H3,(H,21,22);;;;/q2*-1;;;;;/b11-8+,14-13+,17-10+,18-16?;9-6+,12-11+,16-8+,17-14?;9-6+,12-11+,15-8+,16-14?;;;;. The first-order valence-electron chi connectivity index (χ1n) is 25.2. The maximum absolute atomic E-state index is 11.4. The van der Waals surface area contributed by atoms with Crippen molar-refractivity contribution in [2.24, 2.45) is 21.6 Å². The zero-order valence-corrected chi connectivity index (χ0v) is 67.1. The van der Waals surface area contributed by atoms with Crippen molar-refractivity contribution in [1.29, 1.82) is 0 Å². The van der Waals surface area contributed by atoms with Crippen LogP contribution in [0.25, 0.3) is 0 Å². The van der Waals surface area contributed by atoms with Gasteiger partial charge in [-0.15, -0.1) is 4.91 Å². The Bertz CT molecular complexity index is 2370. The second kappa shape index (κ2) is 38.7. The van der Waals surface area contributed by atoms with Crippen LogP contribution in [0.1, 0.15) is 169 Å². The Hall–Kier alpha value is -6.77. The van der Waals surface area contributed by atoms with Crippen molar-refractivity contribution in [2.75, 3.05) is 0 Å². The molecule has 2 radical (unpaired) electrons. The van der Waals surface area contributed by atoms with E-state index < -0.39 is 11.9 Å². The number of carbonyl (C=O) groups is 3. The van der Waals surface area contributed by atoms with E-state index in [0.29, 0.717) is 12.4 Å². The molecule has 0 saturated carbocycles. The summed E-state index contributed by atoms with van der Waals surface area (Å²) in [4.78, 5) is 46.8. The SMILES string of the molecule is CC(=CC(=O)O)/C=C/C=C(C)/C=C/C1=C(C)CCCC1(C)C.CC(=CC(=O)O[CH-]ON=O)/C=C/C=C(C)/C=C/C1=C(C)CCCC1(C)C.C[CH-]OC(=O)C=C(C)/C=C/C=C(C)/C=C/C1=C(C)CCCC1(C)C.[Re].[Re].[Rf].[Rf]. The van der Waals surface area contributed by atoms with Gasteiger partial charge in [-0.1, -0.05) is 166 Å². The van der Waals surface area contributed by atoms with Crippen LogP contribution in [0.4, 0.5) is 0 Å². The molecular formula is C63H87NO8Re2Rf2-2. The molecule has 76 heavy (non-hydrogen) atoms. The van der Waals surface area contributed by atoms with E-state index in [4.69, 9.17) is 9.84 Å². The predicted octanol–water partition coefficient (Wildman–Crippen LogP) is 17.7. The average Bonchev–Trinajstić information content (AvgIpc) is 3.25. The van der Waals surface area contributed by atoms with E-state index in [9.17, 15) is 19.3 Å². The second-order valence-electron chi connectivity index (χ2n) is 21.0. The summed E-state index contributed by atoms with van der Waals surface area (Å²) in [6.45, 7) is 35.9. The average molecular weight is 1890 g/mol. The molecule has 0 aliphatic heterocycles. The smallest absolute Gasteiger partial charge is 0.328 e. The van der Waals surface area contributed by atoms with Crippen LogP contribution in [0, 0.1) is 34.6 Å². The first-order chi connectivity index (χ1) is 33.7. The Morgan fingerprint density at radius 3 is 1.09 bits per heavy atom. The van der Waals surface area contributed by atoms with Gasteiger partial charge in [-0.05, 0) is 170 Å². The Balaban J connectivity index is -0.000000500. The van der Waals surface area contributed by atoms with E-state index in [2.05, 4.69) is 134 Å². The van der Waals surface area contributed by atoms with Crippen molar-refractivity contribution in [3.8, 4) is 0 Å². The molecule has 0 atom stereocenters. The summed E-state index contributed by atoms with van der Waals surface area (Å²) in [6, 6.07) is 0. The van der Waals surface area contributed by atoms with Gasteiger partial charge in [0.1, 0.15) is 5.34 Å². The minimum absolute atomic E-state index is 0. The van der Waals surface area contributed by atoms with E-state index in [-0.39, 0.29) is 63.1 Å². The largest absolute Gasteiger partial charge is 0.634 e. The first-order valence-corrected chi connectivity index (χ1v) is 25.2. The van der Waals surface area contributed by atoms with Gasteiger partial charge in [-0.25, -0.2) is 14.4 Å². The van der Waals surface area contributed by atoms with Gasteiger partial charge in [0.15, 0.2) is 0 Å². The van der Waals surface area contributed by atoms with Gasteiger partial charge < -0.3 is 19.4 Å². The van der Waals surface area contributed by atoms with Crippen molar-refractivity contribution in [3.05, 3.63) is 195 Å². The molecule has 0 aromatic heterocycles. The maximum atomic E-state index is 11.4. The first kappa shape index (κ1) is 75.7. The van der Waals surface area contributed by atoms with E-state index in [1.165, 1.54) is 122 Å². The van der Waals surface area contributed by atoms with Gasteiger partial charge in [-0.2, -0.15) is 13.5 Å². The number of carbonyl (C=O) groups excluding carboxylic acids is 2. The number of carboxylic acids is 1. The van der Waals surface area contributed by atoms with Crippen LogP contribution < -0.4 is 0 Å². The molecule has 9 nitrogen and oxygen atoms in total. The molecule has 412 valence electrons. The van der Waals surface area contributed by atoms with Crippen LogP contribution in [0.5, 0.6) is 0 Å². The van der Waals surface area contributed by atoms with E-state index in [1.54, 1.807) is 32.9 Å². The summed E-state index contributed by atoms with van der Waals surface area (Å²) < 4.78 is 9.26. The Labute approximate surface area is 474 Å². The number of nitrogens with zero attached hydrogens (tertiary/aromatic N) is 1. The fourth-order valence-electron chi connectivity index (χ4n) is 8.88. The third-order valence-corrected chi connectivity index (χ3v) is 12.8. The molecule has 13 heteroatoms. The van der Waals surface area contributed by atoms with E-state index in [1.807, 2.05) is 50.3 Å². The Morgan fingerprint density at radius 1 is 0.513 bits per heavy atom. The summed E-state index contributed by atoms with van der Waals surface area (Å²) in [5.74, 6) is -1.90. The summed E-state index contributed by atoms with van der Waals surface area (Å²) in [5.41, 5.74) is 15.4. The molecule has 0 amide bonds. The van der Waals surface area contributed by atoms with Gasteiger partial charge in [0.2, 0.25) is 0 Å². The Kier molecular flexibility index (Phi) is 38.6. The molecule has 0 aromatic carbocycles. The molecule has 1 N–H and O–H groups in total. The Morgan fingerprint density at radius 2 is 0.816 bits per heavy atom. The van der Waals surface area contributed by atoms with Crippen LogP contribution >= 0.6 is 0 Å². The van der Waals surface area contributed by atoms with Crippen LogP contribution in [-0.2, 0) is 69.5 Å². The summed E-state index contributed by atoms with van der Waals surface area (Å²) in [7, 11) is 0. The summed E-state index contributed by atoms with van der Waals surface area (Å²) >= 11 is 0. The molecule has 0 unspecified atom stereocenters. The van der Waals surface area contributed by atoms with Gasteiger partial charge in [0.05, 0.1) is 0 Å². The van der Waals surface area contributed by atoms with Crippen LogP contribution in [0.3, 0.4) is 0 Å². The number of rotatable bonds is 19. The zero-order chi connectivity index (χ0) is 54.5.